The SMILES string of the molecule is CC1CCCC(CNC(=O)[C@@H]2C[C@H]3C[C@H]3N2C(=O)Cn2nc(C(N)=O)c3ccncc32)C1. The molecule has 1 saturated heterocycles. The van der Waals surface area contributed by atoms with Gasteiger partial charge in [0.2, 0.25) is 11.8 Å². The van der Waals surface area contributed by atoms with Crippen molar-refractivity contribution in [1.82, 2.24) is 25.0 Å². The first-order valence-corrected chi connectivity index (χ1v) is 11.6. The Labute approximate surface area is 186 Å². The van der Waals surface area contributed by atoms with Crippen LogP contribution < -0.4 is 11.1 Å². The van der Waals surface area contributed by atoms with Crippen LogP contribution in [-0.2, 0) is 16.1 Å². The van der Waals surface area contributed by atoms with Crippen molar-refractivity contribution in [3.8, 4) is 0 Å². The first kappa shape index (κ1) is 20.9. The molecule has 0 radical (unpaired) electrons. The summed E-state index contributed by atoms with van der Waals surface area (Å²) in [7, 11) is 0. The van der Waals surface area contributed by atoms with Gasteiger partial charge < -0.3 is 16.0 Å². The molecular weight excluding hydrogens is 408 g/mol. The molecule has 170 valence electrons. The average Bonchev–Trinajstić information content (AvgIpc) is 3.28. The van der Waals surface area contributed by atoms with Gasteiger partial charge in [-0.1, -0.05) is 19.8 Å². The number of carbonyl (C=O) groups is 3. The average molecular weight is 439 g/mol. The van der Waals surface area contributed by atoms with E-state index in [9.17, 15) is 14.4 Å². The van der Waals surface area contributed by atoms with Crippen molar-refractivity contribution in [2.45, 2.75) is 64.1 Å². The molecule has 0 bridgehead atoms. The second-order valence-electron chi connectivity index (χ2n) is 9.76. The summed E-state index contributed by atoms with van der Waals surface area (Å²) in [6.45, 7) is 2.91. The minimum Gasteiger partial charge on any atom is -0.364 e. The third-order valence-electron chi connectivity index (χ3n) is 7.38. The van der Waals surface area contributed by atoms with Crippen LogP contribution in [-0.4, -0.2) is 56.0 Å². The zero-order chi connectivity index (χ0) is 22.4. The number of nitrogens with zero attached hydrogens (tertiary/aromatic N) is 4. The Hall–Kier alpha value is -2.97. The highest BCUT2D eigenvalue weighted by molar-refractivity contribution is 6.04. The van der Waals surface area contributed by atoms with Gasteiger partial charge in [0.25, 0.3) is 5.91 Å². The maximum atomic E-state index is 13.3. The molecule has 2 aliphatic carbocycles. The lowest BCUT2D eigenvalue weighted by molar-refractivity contribution is -0.140. The minimum atomic E-state index is -0.648. The molecule has 2 aromatic heterocycles. The van der Waals surface area contributed by atoms with Crippen LogP contribution >= 0.6 is 0 Å². The van der Waals surface area contributed by atoms with Gasteiger partial charge in [0.15, 0.2) is 5.69 Å². The molecule has 2 saturated carbocycles. The molecule has 2 aromatic rings. The fourth-order valence-electron chi connectivity index (χ4n) is 5.69. The van der Waals surface area contributed by atoms with E-state index in [0.717, 1.165) is 25.7 Å². The van der Waals surface area contributed by atoms with Gasteiger partial charge in [-0.15, -0.1) is 0 Å². The number of amides is 3. The molecular formula is C23H30N6O3. The fourth-order valence-corrected chi connectivity index (χ4v) is 5.69. The summed E-state index contributed by atoms with van der Waals surface area (Å²) in [5.41, 5.74) is 6.16. The van der Waals surface area contributed by atoms with Gasteiger partial charge in [0.1, 0.15) is 12.6 Å². The molecule has 3 aliphatic rings. The van der Waals surface area contributed by atoms with Crippen LogP contribution in [0.25, 0.3) is 10.9 Å². The van der Waals surface area contributed by atoms with Crippen LogP contribution in [0.1, 0.15) is 55.9 Å². The number of hydrogen-bond acceptors (Lipinski definition) is 5. The van der Waals surface area contributed by atoms with Crippen LogP contribution in [0.4, 0.5) is 0 Å². The van der Waals surface area contributed by atoms with Crippen LogP contribution in [0.2, 0.25) is 0 Å². The summed E-state index contributed by atoms with van der Waals surface area (Å²) >= 11 is 0. The van der Waals surface area contributed by atoms with Crippen molar-refractivity contribution >= 4 is 28.6 Å². The van der Waals surface area contributed by atoms with Crippen LogP contribution in [0.5, 0.6) is 0 Å². The molecule has 3 heterocycles. The largest absolute Gasteiger partial charge is 0.364 e. The number of aromatic nitrogens is 3. The summed E-state index contributed by atoms with van der Waals surface area (Å²) in [5, 5.41) is 7.97. The molecule has 1 aliphatic heterocycles. The molecule has 9 nitrogen and oxygen atoms in total. The number of primary amides is 1. The standard InChI is InChI=1S/C23H30N6O3/c1-13-3-2-4-14(7-13)10-26-23(32)18-9-15-8-17(15)29(18)20(30)12-28-19-11-25-6-5-16(19)21(27-28)22(24)31/h5-6,11,13-15,17-18H,2-4,7-10,12H2,1H3,(H2,24,31)(H,26,32)/t13?,14?,15-,17-,18+/m1/s1. The van der Waals surface area contributed by atoms with E-state index in [1.807, 2.05) is 0 Å². The van der Waals surface area contributed by atoms with Crippen LogP contribution in [0.3, 0.4) is 0 Å². The van der Waals surface area contributed by atoms with Gasteiger partial charge in [-0.05, 0) is 49.5 Å². The Kier molecular flexibility index (Phi) is 5.35. The third kappa shape index (κ3) is 3.84. The van der Waals surface area contributed by atoms with Crippen molar-refractivity contribution in [3.05, 3.63) is 24.2 Å². The Bertz CT molecular complexity index is 1070. The summed E-state index contributed by atoms with van der Waals surface area (Å²) in [4.78, 5) is 43.9. The summed E-state index contributed by atoms with van der Waals surface area (Å²) in [6.07, 6.45) is 9.61. The smallest absolute Gasteiger partial charge is 0.269 e. The molecule has 0 spiro atoms. The number of nitrogens with two attached hydrogens (primary N) is 1. The predicted molar refractivity (Wildman–Crippen MR) is 117 cm³/mol. The van der Waals surface area contributed by atoms with Crippen molar-refractivity contribution < 1.29 is 14.4 Å². The van der Waals surface area contributed by atoms with E-state index in [4.69, 9.17) is 5.73 Å². The first-order valence-electron chi connectivity index (χ1n) is 11.6. The van der Waals surface area contributed by atoms with E-state index >= 15 is 0 Å². The topological polar surface area (TPSA) is 123 Å². The zero-order valence-corrected chi connectivity index (χ0v) is 18.4. The van der Waals surface area contributed by atoms with Gasteiger partial charge in [0, 0.05) is 24.2 Å². The molecule has 32 heavy (non-hydrogen) atoms. The number of carbonyl (C=O) groups excluding carboxylic acids is 3. The zero-order valence-electron chi connectivity index (χ0n) is 18.4. The van der Waals surface area contributed by atoms with E-state index in [0.29, 0.717) is 35.2 Å². The molecule has 0 aromatic carbocycles. The lowest BCUT2D eigenvalue weighted by atomic mass is 9.82. The molecule has 3 amide bonds. The third-order valence-corrected chi connectivity index (χ3v) is 7.38. The molecule has 9 heteroatoms. The maximum Gasteiger partial charge on any atom is 0.269 e. The summed E-state index contributed by atoms with van der Waals surface area (Å²) in [5.74, 6) is 0.788. The lowest BCUT2D eigenvalue weighted by Gasteiger charge is -2.30. The van der Waals surface area contributed by atoms with Crippen molar-refractivity contribution in [3.63, 3.8) is 0 Å². The highest BCUT2D eigenvalue weighted by Gasteiger charge is 2.56. The minimum absolute atomic E-state index is 0.0476. The maximum absolute atomic E-state index is 13.3. The number of fused-ring (bicyclic) bond motifs is 2. The number of likely N-dealkylation sites (tertiary alicyclic amines) is 1. The van der Waals surface area contributed by atoms with Crippen molar-refractivity contribution in [2.24, 2.45) is 23.5 Å². The van der Waals surface area contributed by atoms with Gasteiger partial charge in [-0.25, -0.2) is 0 Å². The van der Waals surface area contributed by atoms with Gasteiger partial charge in [-0.2, -0.15) is 5.10 Å². The fraction of sp³-hybridized carbons (Fsp3) is 0.609. The lowest BCUT2D eigenvalue weighted by Crippen LogP contribution is -2.49. The van der Waals surface area contributed by atoms with Crippen LogP contribution in [0.15, 0.2) is 18.5 Å². The highest BCUT2D eigenvalue weighted by atomic mass is 16.2. The van der Waals surface area contributed by atoms with Crippen LogP contribution in [0, 0.1) is 17.8 Å². The Balaban J connectivity index is 1.28. The van der Waals surface area contributed by atoms with E-state index in [1.165, 1.54) is 17.5 Å². The molecule has 2 unspecified atom stereocenters. The predicted octanol–water partition coefficient (Wildman–Crippen LogP) is 1.46. The molecule has 3 fully saturated rings. The number of nitrogens with one attached hydrogen (secondary N) is 1. The number of pyridine rings is 1. The molecule has 5 rings (SSSR count). The molecule has 3 N–H and O–H groups in total. The quantitative estimate of drug-likeness (QED) is 0.707. The van der Waals surface area contributed by atoms with Gasteiger partial charge in [0.05, 0.1) is 11.7 Å². The number of piperidine rings is 1. The van der Waals surface area contributed by atoms with E-state index in [2.05, 4.69) is 22.3 Å². The van der Waals surface area contributed by atoms with Crippen molar-refractivity contribution in [1.29, 1.82) is 0 Å². The van der Waals surface area contributed by atoms with Crippen molar-refractivity contribution in [2.75, 3.05) is 6.54 Å². The van der Waals surface area contributed by atoms with E-state index < -0.39 is 11.9 Å². The van der Waals surface area contributed by atoms with E-state index in [-0.39, 0.29) is 30.1 Å². The summed E-state index contributed by atoms with van der Waals surface area (Å²) < 4.78 is 1.47. The Morgan fingerprint density at radius 1 is 1.22 bits per heavy atom. The Morgan fingerprint density at radius 2 is 2.06 bits per heavy atom. The first-order chi connectivity index (χ1) is 15.4. The monoisotopic (exact) mass is 438 g/mol. The van der Waals surface area contributed by atoms with E-state index in [1.54, 1.807) is 23.4 Å². The second kappa shape index (κ2) is 8.18. The summed E-state index contributed by atoms with van der Waals surface area (Å²) in [6, 6.07) is 1.37. The molecule has 5 atom stereocenters. The van der Waals surface area contributed by atoms with Gasteiger partial charge >= 0.3 is 0 Å². The Morgan fingerprint density at radius 3 is 2.84 bits per heavy atom. The normalized spacial score (nSPS) is 29.0. The van der Waals surface area contributed by atoms with Gasteiger partial charge in [-0.3, -0.25) is 24.0 Å². The second-order valence-corrected chi connectivity index (χ2v) is 9.76. The number of hydrogen-bond donors (Lipinski definition) is 2. The number of rotatable bonds is 6. The highest BCUT2D eigenvalue weighted by Crippen LogP contribution is 2.48.